The van der Waals surface area contributed by atoms with E-state index in [1.54, 1.807) is 6.07 Å². The number of ether oxygens (including phenoxy) is 3. The van der Waals surface area contributed by atoms with Crippen LogP contribution in [0, 0.1) is 0 Å². The molecule has 4 rings (SSSR count). The average molecular weight is 493 g/mol. The lowest BCUT2D eigenvalue weighted by Gasteiger charge is -2.34. The molecule has 7 nitrogen and oxygen atoms in total. The van der Waals surface area contributed by atoms with Gasteiger partial charge in [0.05, 0.1) is 11.5 Å². The Bertz CT molecular complexity index is 1070. The second-order valence-electron chi connectivity index (χ2n) is 7.36. The predicted octanol–water partition coefficient (Wildman–Crippen LogP) is 3.61. The van der Waals surface area contributed by atoms with Crippen LogP contribution in [0.1, 0.15) is 11.1 Å². The molecule has 0 aromatic heterocycles. The van der Waals surface area contributed by atoms with Gasteiger partial charge in [-0.2, -0.15) is 4.31 Å². The van der Waals surface area contributed by atoms with Gasteiger partial charge in [-0.25, -0.2) is 8.42 Å². The molecule has 2 aliphatic rings. The summed E-state index contributed by atoms with van der Waals surface area (Å²) in [6, 6.07) is 7.83. The van der Waals surface area contributed by atoms with E-state index in [4.69, 9.17) is 21.1 Å². The van der Waals surface area contributed by atoms with Crippen molar-refractivity contribution in [2.45, 2.75) is 24.4 Å². The minimum absolute atomic E-state index is 0.0854. The number of fused-ring (bicyclic) bond motifs is 1. The van der Waals surface area contributed by atoms with Crippen molar-refractivity contribution >= 4 is 21.6 Å². The largest absolute Gasteiger partial charge is 0.573 e. The highest BCUT2D eigenvalue weighted by Gasteiger charge is 2.32. The number of halogens is 4. The second kappa shape index (κ2) is 9.06. The number of sulfonamides is 1. The van der Waals surface area contributed by atoms with Gasteiger partial charge in [0, 0.05) is 48.9 Å². The summed E-state index contributed by atoms with van der Waals surface area (Å²) in [5.41, 5.74) is 1.78. The summed E-state index contributed by atoms with van der Waals surface area (Å²) < 4.78 is 78.7. The van der Waals surface area contributed by atoms with Crippen LogP contribution in [0.3, 0.4) is 0 Å². The Morgan fingerprint density at radius 3 is 2.41 bits per heavy atom. The third kappa shape index (κ3) is 5.29. The Hall–Kier alpha value is -2.05. The number of hydrogen-bond donors (Lipinski definition) is 0. The van der Waals surface area contributed by atoms with Crippen LogP contribution >= 0.6 is 11.6 Å². The number of piperazine rings is 1. The number of nitrogens with zero attached hydrogens (tertiary/aromatic N) is 2. The molecule has 0 bridgehead atoms. The smallest absolute Gasteiger partial charge is 0.467 e. The lowest BCUT2D eigenvalue weighted by molar-refractivity contribution is -0.274. The first kappa shape index (κ1) is 23.1. The molecule has 2 aliphatic heterocycles. The van der Waals surface area contributed by atoms with E-state index in [9.17, 15) is 21.6 Å². The Balaban J connectivity index is 1.40. The summed E-state index contributed by atoms with van der Waals surface area (Å²) >= 11 is 6.21. The summed E-state index contributed by atoms with van der Waals surface area (Å²) in [6.07, 6.45) is -4.84. The molecule has 0 radical (unpaired) electrons. The van der Waals surface area contributed by atoms with Gasteiger partial charge in [-0.3, -0.25) is 4.90 Å². The topological polar surface area (TPSA) is 68.3 Å². The van der Waals surface area contributed by atoms with E-state index in [1.165, 1.54) is 4.31 Å². The van der Waals surface area contributed by atoms with E-state index < -0.39 is 22.1 Å². The van der Waals surface area contributed by atoms with Gasteiger partial charge in [-0.15, -0.1) is 13.2 Å². The number of rotatable bonds is 5. The van der Waals surface area contributed by atoms with E-state index in [0.717, 1.165) is 41.1 Å². The molecule has 0 atom stereocenters. The molecule has 32 heavy (non-hydrogen) atoms. The second-order valence-corrected chi connectivity index (χ2v) is 9.74. The van der Waals surface area contributed by atoms with Crippen LogP contribution < -0.4 is 9.47 Å². The normalized spacial score (nSPS) is 18.1. The van der Waals surface area contributed by atoms with E-state index in [-0.39, 0.29) is 24.8 Å². The van der Waals surface area contributed by atoms with Crippen LogP contribution in [-0.4, -0.2) is 57.0 Å². The minimum atomic E-state index is -4.84. The third-order valence-corrected chi connectivity index (χ3v) is 7.30. The van der Waals surface area contributed by atoms with Crippen molar-refractivity contribution in [3.05, 3.63) is 52.5 Å². The summed E-state index contributed by atoms with van der Waals surface area (Å²) in [5.74, 6) is 0.274. The van der Waals surface area contributed by atoms with Crippen LogP contribution in [-0.2, 0) is 27.9 Å². The monoisotopic (exact) mass is 492 g/mol. The van der Waals surface area contributed by atoms with Crippen molar-refractivity contribution in [1.82, 2.24) is 9.21 Å². The highest BCUT2D eigenvalue weighted by molar-refractivity contribution is 7.89. The molecule has 2 heterocycles. The molecular formula is C20H20ClF3N2O5S. The van der Waals surface area contributed by atoms with Gasteiger partial charge in [0.15, 0.2) is 6.79 Å². The predicted molar refractivity (Wildman–Crippen MR) is 109 cm³/mol. The molecule has 174 valence electrons. The van der Waals surface area contributed by atoms with Gasteiger partial charge in [-0.1, -0.05) is 11.6 Å². The first-order chi connectivity index (χ1) is 15.1. The average Bonchev–Trinajstić information content (AvgIpc) is 2.73. The molecule has 12 heteroatoms. The van der Waals surface area contributed by atoms with Crippen LogP contribution in [0.5, 0.6) is 11.5 Å². The third-order valence-electron chi connectivity index (χ3n) is 5.17. The SMILES string of the molecule is O=S(=O)(c1ccc(OC(F)(F)F)cc1)N1CCN(Cc2cc(Cl)cc3c2OCOC3)CC1. The first-order valence-corrected chi connectivity index (χ1v) is 11.5. The van der Waals surface area contributed by atoms with Crippen molar-refractivity contribution in [2.75, 3.05) is 33.0 Å². The Labute approximate surface area is 188 Å². The molecule has 1 fully saturated rings. The molecule has 0 aliphatic carbocycles. The zero-order valence-corrected chi connectivity index (χ0v) is 18.3. The zero-order valence-electron chi connectivity index (χ0n) is 16.8. The van der Waals surface area contributed by atoms with Gasteiger partial charge in [0.1, 0.15) is 11.5 Å². The number of alkyl halides is 3. The fourth-order valence-electron chi connectivity index (χ4n) is 3.71. The summed E-state index contributed by atoms with van der Waals surface area (Å²) in [5, 5.41) is 0.576. The van der Waals surface area contributed by atoms with Crippen LogP contribution in [0.4, 0.5) is 13.2 Å². The lowest BCUT2D eigenvalue weighted by Crippen LogP contribution is -2.48. The van der Waals surface area contributed by atoms with Crippen LogP contribution in [0.2, 0.25) is 5.02 Å². The van der Waals surface area contributed by atoms with Crippen LogP contribution in [0.15, 0.2) is 41.3 Å². The molecule has 0 amide bonds. The Morgan fingerprint density at radius 2 is 1.75 bits per heavy atom. The van der Waals surface area contributed by atoms with Gasteiger partial charge >= 0.3 is 6.36 Å². The Kier molecular flexibility index (Phi) is 6.55. The summed E-state index contributed by atoms with van der Waals surface area (Å²) in [7, 11) is -3.83. The summed E-state index contributed by atoms with van der Waals surface area (Å²) in [4.78, 5) is 2.01. The van der Waals surface area contributed by atoms with E-state index in [0.29, 0.717) is 31.3 Å². The minimum Gasteiger partial charge on any atom is -0.467 e. The fourth-order valence-corrected chi connectivity index (χ4v) is 5.39. The molecule has 2 aromatic rings. The first-order valence-electron chi connectivity index (χ1n) is 9.72. The fraction of sp³-hybridized carbons (Fsp3) is 0.400. The van der Waals surface area contributed by atoms with Crippen molar-refractivity contribution in [2.24, 2.45) is 0 Å². The van der Waals surface area contributed by atoms with Gasteiger partial charge in [0.25, 0.3) is 0 Å². The zero-order chi connectivity index (χ0) is 22.9. The van der Waals surface area contributed by atoms with E-state index in [2.05, 4.69) is 9.64 Å². The number of hydrogen-bond acceptors (Lipinski definition) is 6. The maximum atomic E-state index is 12.9. The Morgan fingerprint density at radius 1 is 1.06 bits per heavy atom. The summed E-state index contributed by atoms with van der Waals surface area (Å²) in [6.45, 7) is 2.58. The van der Waals surface area contributed by atoms with Gasteiger partial charge < -0.3 is 14.2 Å². The quantitative estimate of drug-likeness (QED) is 0.635. The van der Waals surface area contributed by atoms with Crippen LogP contribution in [0.25, 0.3) is 0 Å². The van der Waals surface area contributed by atoms with Gasteiger partial charge in [-0.05, 0) is 36.4 Å². The van der Waals surface area contributed by atoms with E-state index in [1.807, 2.05) is 6.07 Å². The molecule has 2 aromatic carbocycles. The van der Waals surface area contributed by atoms with Crippen molar-refractivity contribution in [1.29, 1.82) is 0 Å². The van der Waals surface area contributed by atoms with Crippen molar-refractivity contribution in [3.8, 4) is 11.5 Å². The highest BCUT2D eigenvalue weighted by Crippen LogP contribution is 2.33. The number of benzene rings is 2. The molecule has 0 saturated carbocycles. The maximum absolute atomic E-state index is 12.9. The highest BCUT2D eigenvalue weighted by atomic mass is 35.5. The lowest BCUT2D eigenvalue weighted by atomic mass is 10.1. The molecule has 0 spiro atoms. The molecular weight excluding hydrogens is 473 g/mol. The van der Waals surface area contributed by atoms with E-state index >= 15 is 0 Å². The molecule has 1 saturated heterocycles. The molecule has 0 N–H and O–H groups in total. The molecule has 0 unspecified atom stereocenters. The maximum Gasteiger partial charge on any atom is 0.573 e. The van der Waals surface area contributed by atoms with Crippen molar-refractivity contribution in [3.63, 3.8) is 0 Å². The van der Waals surface area contributed by atoms with Crippen molar-refractivity contribution < 1.29 is 35.8 Å². The standard InChI is InChI=1S/C20H20ClF3N2O5S/c21-16-9-14(19-15(10-16)12-29-13-30-19)11-25-5-7-26(8-6-25)32(27,28)18-3-1-17(2-4-18)31-20(22,23)24/h1-4,9-10H,5-8,11-13H2. The van der Waals surface area contributed by atoms with Gasteiger partial charge in [0.2, 0.25) is 10.0 Å².